The quantitative estimate of drug-likeness (QED) is 0.566. The molecule has 88 valence electrons. The summed E-state index contributed by atoms with van der Waals surface area (Å²) in [4.78, 5) is 0. The number of nitrogens with zero attached hydrogens (tertiary/aromatic N) is 1. The normalized spacial score (nSPS) is 11.6. The molecule has 0 heterocycles. The van der Waals surface area contributed by atoms with Crippen LogP contribution in [0.2, 0.25) is 0 Å². The number of aryl methyl sites for hydroxylation is 1. The van der Waals surface area contributed by atoms with Crippen molar-refractivity contribution in [3.63, 3.8) is 0 Å². The minimum Gasteiger partial charge on any atom is -0.192 e. The molecule has 2 aromatic carbocycles. The zero-order valence-corrected chi connectivity index (χ0v) is 10.8. The lowest BCUT2D eigenvalue weighted by Crippen LogP contribution is -1.86. The summed E-state index contributed by atoms with van der Waals surface area (Å²) in [6.07, 6.45) is 0. The number of allylic oxidation sites excluding steroid dienone is 1. The van der Waals surface area contributed by atoms with E-state index in [0.29, 0.717) is 10.6 Å². The van der Waals surface area contributed by atoms with E-state index >= 15 is 0 Å². The fourth-order valence-electron chi connectivity index (χ4n) is 1.69. The van der Waals surface area contributed by atoms with Gasteiger partial charge in [0.15, 0.2) is 0 Å². The first-order valence-electron chi connectivity index (χ1n) is 5.64. The van der Waals surface area contributed by atoms with Gasteiger partial charge in [-0.3, -0.25) is 0 Å². The van der Waals surface area contributed by atoms with Gasteiger partial charge in [0.05, 0.1) is 10.6 Å². The van der Waals surface area contributed by atoms with Crippen molar-refractivity contribution in [2.24, 2.45) is 0 Å². The van der Waals surface area contributed by atoms with Crippen LogP contribution in [-0.2, 0) is 0 Å². The standard InChI is InChI=1S/C16H12ClN/c1-12-7-9-14(10-8-12)16(17)15(11-18)13-5-3-2-4-6-13/h2-10H,1H3. The van der Waals surface area contributed by atoms with Gasteiger partial charge in [0.25, 0.3) is 0 Å². The van der Waals surface area contributed by atoms with Gasteiger partial charge < -0.3 is 0 Å². The molecule has 1 nitrogen and oxygen atoms in total. The molecule has 0 spiro atoms. The first-order chi connectivity index (χ1) is 8.72. The van der Waals surface area contributed by atoms with Crippen molar-refractivity contribution in [1.82, 2.24) is 0 Å². The molecule has 2 aromatic rings. The van der Waals surface area contributed by atoms with Crippen LogP contribution in [0, 0.1) is 18.3 Å². The number of halogens is 1. The average Bonchev–Trinajstić information content (AvgIpc) is 2.41. The summed E-state index contributed by atoms with van der Waals surface area (Å²) in [5, 5.41) is 9.76. The molecule has 0 aliphatic heterocycles. The Balaban J connectivity index is 2.51. The molecule has 0 saturated heterocycles. The van der Waals surface area contributed by atoms with Crippen molar-refractivity contribution in [3.8, 4) is 6.07 Å². The fourth-order valence-corrected chi connectivity index (χ4v) is 1.97. The SMILES string of the molecule is Cc1ccc(C(Cl)=C(C#N)c2ccccc2)cc1. The third-order valence-electron chi connectivity index (χ3n) is 2.70. The molecule has 18 heavy (non-hydrogen) atoms. The summed E-state index contributed by atoms with van der Waals surface area (Å²) in [6, 6.07) is 19.5. The van der Waals surface area contributed by atoms with Gasteiger partial charge in [0, 0.05) is 0 Å². The number of hydrogen-bond donors (Lipinski definition) is 0. The Kier molecular flexibility index (Phi) is 3.82. The summed E-state index contributed by atoms with van der Waals surface area (Å²) in [6.45, 7) is 2.02. The maximum Gasteiger partial charge on any atom is 0.101 e. The van der Waals surface area contributed by atoms with Gasteiger partial charge in [-0.25, -0.2) is 0 Å². The predicted octanol–water partition coefficient (Wildman–Crippen LogP) is 4.63. The number of nitriles is 1. The van der Waals surface area contributed by atoms with E-state index in [1.54, 1.807) is 0 Å². The zero-order chi connectivity index (χ0) is 13.0. The molecule has 0 radical (unpaired) electrons. The summed E-state index contributed by atoms with van der Waals surface area (Å²) in [7, 11) is 0. The van der Waals surface area contributed by atoms with E-state index in [2.05, 4.69) is 6.07 Å². The van der Waals surface area contributed by atoms with E-state index in [1.165, 1.54) is 5.56 Å². The topological polar surface area (TPSA) is 23.8 Å². The summed E-state index contributed by atoms with van der Waals surface area (Å²) < 4.78 is 0. The van der Waals surface area contributed by atoms with Crippen LogP contribution < -0.4 is 0 Å². The van der Waals surface area contributed by atoms with Crippen molar-refractivity contribution in [2.75, 3.05) is 0 Å². The molecule has 0 aliphatic rings. The second kappa shape index (κ2) is 5.53. The van der Waals surface area contributed by atoms with Crippen molar-refractivity contribution in [2.45, 2.75) is 6.92 Å². The van der Waals surface area contributed by atoms with Crippen LogP contribution in [0.4, 0.5) is 0 Å². The van der Waals surface area contributed by atoms with Gasteiger partial charge in [-0.15, -0.1) is 0 Å². The van der Waals surface area contributed by atoms with Gasteiger partial charge in [-0.2, -0.15) is 5.26 Å². The fraction of sp³-hybridized carbons (Fsp3) is 0.0625. The van der Waals surface area contributed by atoms with Crippen LogP contribution in [0.3, 0.4) is 0 Å². The average molecular weight is 254 g/mol. The van der Waals surface area contributed by atoms with Crippen molar-refractivity contribution in [1.29, 1.82) is 5.26 Å². The molecular weight excluding hydrogens is 242 g/mol. The third kappa shape index (κ3) is 2.61. The maximum absolute atomic E-state index is 9.27. The van der Waals surface area contributed by atoms with Crippen LogP contribution in [0.5, 0.6) is 0 Å². The maximum atomic E-state index is 9.27. The van der Waals surface area contributed by atoms with E-state index in [0.717, 1.165) is 11.1 Å². The van der Waals surface area contributed by atoms with Gasteiger partial charge in [-0.1, -0.05) is 71.8 Å². The van der Waals surface area contributed by atoms with Crippen molar-refractivity contribution < 1.29 is 0 Å². The molecule has 0 bridgehead atoms. The molecule has 0 unspecified atom stereocenters. The molecule has 0 aliphatic carbocycles. The Morgan fingerprint density at radius 1 is 0.944 bits per heavy atom. The Morgan fingerprint density at radius 3 is 2.11 bits per heavy atom. The molecule has 0 atom stereocenters. The molecule has 0 N–H and O–H groups in total. The van der Waals surface area contributed by atoms with Crippen LogP contribution in [-0.4, -0.2) is 0 Å². The van der Waals surface area contributed by atoms with E-state index < -0.39 is 0 Å². The van der Waals surface area contributed by atoms with E-state index in [4.69, 9.17) is 11.6 Å². The predicted molar refractivity (Wildman–Crippen MR) is 75.9 cm³/mol. The Bertz CT molecular complexity index is 604. The van der Waals surface area contributed by atoms with Crippen LogP contribution >= 0.6 is 11.6 Å². The smallest absolute Gasteiger partial charge is 0.101 e. The first kappa shape index (κ1) is 12.4. The molecule has 2 heteroatoms. The van der Waals surface area contributed by atoms with Crippen LogP contribution in [0.25, 0.3) is 10.6 Å². The van der Waals surface area contributed by atoms with E-state index in [-0.39, 0.29) is 0 Å². The number of hydrogen-bond acceptors (Lipinski definition) is 1. The van der Waals surface area contributed by atoms with Gasteiger partial charge >= 0.3 is 0 Å². The lowest BCUT2D eigenvalue weighted by atomic mass is 10.0. The van der Waals surface area contributed by atoms with E-state index in [9.17, 15) is 5.26 Å². The zero-order valence-electron chi connectivity index (χ0n) is 10.0. The van der Waals surface area contributed by atoms with Gasteiger partial charge in [0.2, 0.25) is 0 Å². The van der Waals surface area contributed by atoms with Gasteiger partial charge in [0.1, 0.15) is 6.07 Å². The second-order valence-corrected chi connectivity index (χ2v) is 4.41. The Labute approximate surface area is 112 Å². The number of rotatable bonds is 2. The van der Waals surface area contributed by atoms with Gasteiger partial charge in [-0.05, 0) is 18.1 Å². The molecule has 0 aromatic heterocycles. The van der Waals surface area contributed by atoms with Crippen LogP contribution in [0.15, 0.2) is 54.6 Å². The minimum atomic E-state index is 0.490. The van der Waals surface area contributed by atoms with Crippen molar-refractivity contribution >= 4 is 22.2 Å². The largest absolute Gasteiger partial charge is 0.192 e. The van der Waals surface area contributed by atoms with Crippen molar-refractivity contribution in [3.05, 3.63) is 71.3 Å². The number of benzene rings is 2. The minimum absolute atomic E-state index is 0.490. The second-order valence-electron chi connectivity index (χ2n) is 4.03. The monoisotopic (exact) mass is 253 g/mol. The highest BCUT2D eigenvalue weighted by Crippen LogP contribution is 2.29. The molecule has 0 amide bonds. The Morgan fingerprint density at radius 2 is 1.56 bits per heavy atom. The van der Waals surface area contributed by atoms with Crippen LogP contribution in [0.1, 0.15) is 16.7 Å². The highest BCUT2D eigenvalue weighted by atomic mass is 35.5. The highest BCUT2D eigenvalue weighted by molar-refractivity contribution is 6.53. The lowest BCUT2D eigenvalue weighted by molar-refractivity contribution is 1.46. The molecule has 0 fully saturated rings. The molecule has 0 saturated carbocycles. The highest BCUT2D eigenvalue weighted by Gasteiger charge is 2.08. The lowest BCUT2D eigenvalue weighted by Gasteiger charge is -2.04. The van der Waals surface area contributed by atoms with E-state index in [1.807, 2.05) is 61.5 Å². The summed E-state index contributed by atoms with van der Waals surface area (Å²) in [5.74, 6) is 0. The summed E-state index contributed by atoms with van der Waals surface area (Å²) in [5.41, 5.74) is 3.37. The molecular formula is C16H12ClN. The Hall–Kier alpha value is -2.04. The third-order valence-corrected chi connectivity index (χ3v) is 3.11. The summed E-state index contributed by atoms with van der Waals surface area (Å²) >= 11 is 6.32. The molecule has 2 rings (SSSR count). The first-order valence-corrected chi connectivity index (χ1v) is 6.02.